The fraction of sp³-hybridized carbons (Fsp3) is 1.00. The summed E-state index contributed by atoms with van der Waals surface area (Å²) in [5.41, 5.74) is 0. The standard InChI is InChI=1S/C7H17NO/c1-4-6(3)7(9)8-5-2/h6-9H,4-5H2,1-3H3. The Morgan fingerprint density at radius 2 is 2.00 bits per heavy atom. The number of rotatable bonds is 4. The molecule has 0 aromatic rings. The van der Waals surface area contributed by atoms with Gasteiger partial charge in [-0.15, -0.1) is 0 Å². The number of nitrogens with one attached hydrogen (secondary N) is 1. The molecule has 0 aliphatic rings. The minimum absolute atomic E-state index is 0.319. The molecular formula is C7H17NO. The largest absolute Gasteiger partial charge is 0.378 e. The second kappa shape index (κ2) is 4.77. The van der Waals surface area contributed by atoms with Crippen LogP contribution in [0.15, 0.2) is 0 Å². The summed E-state index contributed by atoms with van der Waals surface area (Å²) >= 11 is 0. The molecule has 0 heterocycles. The zero-order chi connectivity index (χ0) is 7.28. The average molecular weight is 131 g/mol. The van der Waals surface area contributed by atoms with Crippen LogP contribution < -0.4 is 5.32 Å². The molecule has 2 atom stereocenters. The molecular weight excluding hydrogens is 114 g/mol. The first-order valence-corrected chi connectivity index (χ1v) is 3.63. The molecule has 2 unspecified atom stereocenters. The van der Waals surface area contributed by atoms with Crippen LogP contribution in [0.5, 0.6) is 0 Å². The smallest absolute Gasteiger partial charge is 0.107 e. The minimum Gasteiger partial charge on any atom is -0.378 e. The van der Waals surface area contributed by atoms with Crippen LogP contribution in [-0.2, 0) is 0 Å². The van der Waals surface area contributed by atoms with Crippen LogP contribution in [0.1, 0.15) is 27.2 Å². The number of aliphatic hydroxyl groups is 1. The van der Waals surface area contributed by atoms with Gasteiger partial charge in [-0.05, 0) is 18.9 Å². The van der Waals surface area contributed by atoms with Crippen molar-refractivity contribution < 1.29 is 5.11 Å². The molecule has 0 aromatic heterocycles. The van der Waals surface area contributed by atoms with Crippen LogP contribution in [0.2, 0.25) is 0 Å². The van der Waals surface area contributed by atoms with Crippen molar-refractivity contribution in [3.8, 4) is 0 Å². The van der Waals surface area contributed by atoms with Crippen molar-refractivity contribution >= 4 is 0 Å². The molecule has 56 valence electrons. The van der Waals surface area contributed by atoms with E-state index in [9.17, 15) is 5.11 Å². The van der Waals surface area contributed by atoms with Crippen LogP contribution in [0.25, 0.3) is 0 Å². The van der Waals surface area contributed by atoms with Crippen molar-refractivity contribution in [3.05, 3.63) is 0 Å². The van der Waals surface area contributed by atoms with Gasteiger partial charge in [0.1, 0.15) is 6.23 Å². The van der Waals surface area contributed by atoms with E-state index in [1.807, 2.05) is 13.8 Å². The van der Waals surface area contributed by atoms with Gasteiger partial charge >= 0.3 is 0 Å². The predicted octanol–water partition coefficient (Wildman–Crippen LogP) is 0.960. The molecule has 9 heavy (non-hydrogen) atoms. The van der Waals surface area contributed by atoms with Gasteiger partial charge in [-0.1, -0.05) is 20.8 Å². The summed E-state index contributed by atoms with van der Waals surface area (Å²) in [4.78, 5) is 0. The summed E-state index contributed by atoms with van der Waals surface area (Å²) < 4.78 is 0. The lowest BCUT2D eigenvalue weighted by Gasteiger charge is -2.16. The average Bonchev–Trinajstić information content (AvgIpc) is 1.87. The Labute approximate surface area is 57.3 Å². The fourth-order valence-electron chi connectivity index (χ4n) is 0.634. The molecule has 2 heteroatoms. The van der Waals surface area contributed by atoms with E-state index < -0.39 is 0 Å². The summed E-state index contributed by atoms with van der Waals surface area (Å²) in [5, 5.41) is 12.2. The fourth-order valence-corrected chi connectivity index (χ4v) is 0.634. The first-order valence-electron chi connectivity index (χ1n) is 3.63. The van der Waals surface area contributed by atoms with Crippen molar-refractivity contribution in [2.24, 2.45) is 5.92 Å². The third-order valence-corrected chi connectivity index (χ3v) is 1.60. The topological polar surface area (TPSA) is 32.3 Å². The van der Waals surface area contributed by atoms with Crippen molar-refractivity contribution in [3.63, 3.8) is 0 Å². The Hall–Kier alpha value is -0.0800. The van der Waals surface area contributed by atoms with Crippen molar-refractivity contribution in [1.82, 2.24) is 5.32 Å². The summed E-state index contributed by atoms with van der Waals surface area (Å²) in [6, 6.07) is 0. The van der Waals surface area contributed by atoms with Gasteiger partial charge in [-0.3, -0.25) is 5.32 Å². The summed E-state index contributed by atoms with van der Waals surface area (Å²) in [7, 11) is 0. The van der Waals surface area contributed by atoms with Crippen LogP contribution in [0.4, 0.5) is 0 Å². The highest BCUT2D eigenvalue weighted by molar-refractivity contribution is 4.58. The molecule has 0 radical (unpaired) electrons. The van der Waals surface area contributed by atoms with Crippen molar-refractivity contribution in [2.75, 3.05) is 6.54 Å². The van der Waals surface area contributed by atoms with Gasteiger partial charge in [0.15, 0.2) is 0 Å². The van der Waals surface area contributed by atoms with E-state index in [0.717, 1.165) is 13.0 Å². The molecule has 0 amide bonds. The van der Waals surface area contributed by atoms with Gasteiger partial charge < -0.3 is 5.11 Å². The number of hydrogen-bond acceptors (Lipinski definition) is 2. The van der Waals surface area contributed by atoms with Gasteiger partial charge in [-0.2, -0.15) is 0 Å². The molecule has 0 aromatic carbocycles. The summed E-state index contributed by atoms with van der Waals surface area (Å²) in [6.45, 7) is 6.94. The van der Waals surface area contributed by atoms with E-state index >= 15 is 0 Å². The zero-order valence-electron chi connectivity index (χ0n) is 6.52. The van der Waals surface area contributed by atoms with Gasteiger partial charge in [0.2, 0.25) is 0 Å². The van der Waals surface area contributed by atoms with Crippen molar-refractivity contribution in [2.45, 2.75) is 33.4 Å². The first kappa shape index (κ1) is 8.92. The minimum atomic E-state index is -0.319. The lowest BCUT2D eigenvalue weighted by Crippen LogP contribution is -2.34. The second-order valence-electron chi connectivity index (χ2n) is 2.39. The quantitative estimate of drug-likeness (QED) is 0.557. The molecule has 0 rings (SSSR count). The van der Waals surface area contributed by atoms with E-state index in [0.29, 0.717) is 5.92 Å². The normalized spacial score (nSPS) is 17.3. The SMILES string of the molecule is CCNC(O)C(C)CC. The Morgan fingerprint density at radius 3 is 2.33 bits per heavy atom. The molecule has 0 aliphatic heterocycles. The van der Waals surface area contributed by atoms with Crippen LogP contribution in [0, 0.1) is 5.92 Å². The van der Waals surface area contributed by atoms with E-state index in [4.69, 9.17) is 0 Å². The molecule has 0 saturated carbocycles. The van der Waals surface area contributed by atoms with Gasteiger partial charge in [0, 0.05) is 0 Å². The summed E-state index contributed by atoms with van der Waals surface area (Å²) in [5.74, 6) is 0.366. The van der Waals surface area contributed by atoms with E-state index in [1.165, 1.54) is 0 Å². The molecule has 0 fully saturated rings. The Kier molecular flexibility index (Phi) is 4.72. The Morgan fingerprint density at radius 1 is 1.44 bits per heavy atom. The Balaban J connectivity index is 3.32. The van der Waals surface area contributed by atoms with E-state index in [-0.39, 0.29) is 6.23 Å². The molecule has 0 saturated heterocycles. The van der Waals surface area contributed by atoms with Gasteiger partial charge in [0.05, 0.1) is 0 Å². The van der Waals surface area contributed by atoms with Crippen LogP contribution >= 0.6 is 0 Å². The predicted molar refractivity (Wildman–Crippen MR) is 39.1 cm³/mol. The van der Waals surface area contributed by atoms with Gasteiger partial charge in [-0.25, -0.2) is 0 Å². The maximum Gasteiger partial charge on any atom is 0.107 e. The van der Waals surface area contributed by atoms with Crippen LogP contribution in [-0.4, -0.2) is 17.9 Å². The summed E-state index contributed by atoms with van der Waals surface area (Å²) in [6.07, 6.45) is 0.703. The highest BCUT2D eigenvalue weighted by Crippen LogP contribution is 2.03. The maximum absolute atomic E-state index is 9.21. The van der Waals surface area contributed by atoms with E-state index in [2.05, 4.69) is 12.2 Å². The number of hydrogen-bond donors (Lipinski definition) is 2. The third kappa shape index (κ3) is 3.49. The lowest BCUT2D eigenvalue weighted by molar-refractivity contribution is 0.0829. The Bertz CT molecular complexity index is 65.9. The van der Waals surface area contributed by atoms with E-state index in [1.54, 1.807) is 0 Å². The zero-order valence-corrected chi connectivity index (χ0v) is 6.52. The highest BCUT2D eigenvalue weighted by Gasteiger charge is 2.08. The number of aliphatic hydroxyl groups excluding tert-OH is 1. The molecule has 0 spiro atoms. The molecule has 2 N–H and O–H groups in total. The molecule has 0 bridgehead atoms. The monoisotopic (exact) mass is 131 g/mol. The highest BCUT2D eigenvalue weighted by atomic mass is 16.3. The maximum atomic E-state index is 9.21. The first-order chi connectivity index (χ1) is 4.22. The molecule has 2 nitrogen and oxygen atoms in total. The van der Waals surface area contributed by atoms with Crippen molar-refractivity contribution in [1.29, 1.82) is 0 Å². The second-order valence-corrected chi connectivity index (χ2v) is 2.39. The third-order valence-electron chi connectivity index (χ3n) is 1.60. The van der Waals surface area contributed by atoms with Crippen LogP contribution in [0.3, 0.4) is 0 Å². The van der Waals surface area contributed by atoms with Gasteiger partial charge in [0.25, 0.3) is 0 Å². The molecule has 0 aliphatic carbocycles. The lowest BCUT2D eigenvalue weighted by atomic mass is 10.1.